The molecule has 0 amide bonds. The molecule has 0 bridgehead atoms. The fourth-order valence-corrected chi connectivity index (χ4v) is 4.16. The molecule has 168 valence electrons. The minimum atomic E-state index is -2.96. The van der Waals surface area contributed by atoms with Gasteiger partial charge in [-0.1, -0.05) is 12.1 Å². The number of para-hydroxylation sites is 1. The van der Waals surface area contributed by atoms with Gasteiger partial charge in [-0.2, -0.15) is 13.9 Å². The number of alkyl halides is 2. The van der Waals surface area contributed by atoms with Crippen LogP contribution in [0, 0.1) is 0 Å². The first kappa shape index (κ1) is 22.0. The number of phenolic OH excluding ortho intramolecular Hbond substituents is 2. The second-order valence-electron chi connectivity index (χ2n) is 7.05. The van der Waals surface area contributed by atoms with Gasteiger partial charge < -0.3 is 19.7 Å². The molecule has 2 aromatic carbocycles. The molecule has 1 aliphatic rings. The SMILES string of the molecule is Oc1ccc(-c2csc(=NCC3CCCO3)n2/N=C/c2ccccc2OC(F)F)c(O)c1. The van der Waals surface area contributed by atoms with Gasteiger partial charge in [-0.3, -0.25) is 4.99 Å². The Balaban J connectivity index is 1.75. The molecule has 1 aromatic heterocycles. The van der Waals surface area contributed by atoms with Crippen LogP contribution in [0.1, 0.15) is 18.4 Å². The molecule has 7 nitrogen and oxygen atoms in total. The summed E-state index contributed by atoms with van der Waals surface area (Å²) in [7, 11) is 0. The Morgan fingerprint density at radius 3 is 2.84 bits per heavy atom. The third-order valence-corrected chi connectivity index (χ3v) is 5.70. The highest BCUT2D eigenvalue weighted by molar-refractivity contribution is 7.07. The van der Waals surface area contributed by atoms with Crippen LogP contribution in [0.25, 0.3) is 11.3 Å². The van der Waals surface area contributed by atoms with E-state index in [0.717, 1.165) is 19.4 Å². The predicted molar refractivity (Wildman–Crippen MR) is 117 cm³/mol. The van der Waals surface area contributed by atoms with E-state index in [-0.39, 0.29) is 23.4 Å². The number of nitrogens with zero attached hydrogens (tertiary/aromatic N) is 3. The highest BCUT2D eigenvalue weighted by Crippen LogP contribution is 2.32. The summed E-state index contributed by atoms with van der Waals surface area (Å²) in [5.41, 5.74) is 1.33. The van der Waals surface area contributed by atoms with E-state index in [4.69, 9.17) is 4.74 Å². The Morgan fingerprint density at radius 2 is 2.09 bits per heavy atom. The third-order valence-electron chi connectivity index (χ3n) is 4.84. The van der Waals surface area contributed by atoms with Crippen LogP contribution in [0.4, 0.5) is 8.78 Å². The summed E-state index contributed by atoms with van der Waals surface area (Å²) in [6.45, 7) is -1.78. The fraction of sp³-hybridized carbons (Fsp3) is 0.273. The smallest absolute Gasteiger partial charge is 0.387 e. The summed E-state index contributed by atoms with van der Waals surface area (Å²) in [5.74, 6) is -0.203. The lowest BCUT2D eigenvalue weighted by molar-refractivity contribution is -0.0499. The topological polar surface area (TPSA) is 88.6 Å². The van der Waals surface area contributed by atoms with Crippen LogP contribution in [-0.4, -0.2) is 47.0 Å². The first-order valence-electron chi connectivity index (χ1n) is 9.94. The van der Waals surface area contributed by atoms with Crippen molar-refractivity contribution in [3.8, 4) is 28.5 Å². The van der Waals surface area contributed by atoms with E-state index in [9.17, 15) is 19.0 Å². The van der Waals surface area contributed by atoms with Crippen LogP contribution in [0.2, 0.25) is 0 Å². The van der Waals surface area contributed by atoms with Crippen LogP contribution in [0.15, 0.2) is 57.9 Å². The van der Waals surface area contributed by atoms with Gasteiger partial charge in [-0.15, -0.1) is 11.3 Å². The minimum absolute atomic E-state index is 0.00560. The van der Waals surface area contributed by atoms with E-state index >= 15 is 0 Å². The third kappa shape index (κ3) is 5.14. The molecular weight excluding hydrogens is 440 g/mol. The second-order valence-corrected chi connectivity index (χ2v) is 7.89. The van der Waals surface area contributed by atoms with Crippen molar-refractivity contribution in [2.45, 2.75) is 25.6 Å². The Bertz CT molecular complexity index is 1170. The normalized spacial score (nSPS) is 17.0. The largest absolute Gasteiger partial charge is 0.508 e. The number of aromatic nitrogens is 1. The van der Waals surface area contributed by atoms with E-state index in [2.05, 4.69) is 14.8 Å². The summed E-state index contributed by atoms with van der Waals surface area (Å²) in [6, 6.07) is 10.6. The summed E-state index contributed by atoms with van der Waals surface area (Å²) in [6.07, 6.45) is 3.37. The van der Waals surface area contributed by atoms with Crippen molar-refractivity contribution in [2.24, 2.45) is 10.1 Å². The van der Waals surface area contributed by atoms with E-state index in [1.165, 1.54) is 40.4 Å². The van der Waals surface area contributed by atoms with Crippen LogP contribution in [0.3, 0.4) is 0 Å². The molecule has 32 heavy (non-hydrogen) atoms. The second kappa shape index (κ2) is 9.92. The molecule has 10 heteroatoms. The molecule has 4 rings (SSSR count). The van der Waals surface area contributed by atoms with Gasteiger partial charge in [-0.05, 0) is 37.1 Å². The van der Waals surface area contributed by atoms with Gasteiger partial charge in [0.25, 0.3) is 0 Å². The van der Waals surface area contributed by atoms with Crippen molar-refractivity contribution in [3.05, 3.63) is 58.2 Å². The lowest BCUT2D eigenvalue weighted by atomic mass is 10.1. The van der Waals surface area contributed by atoms with Gasteiger partial charge in [0.2, 0.25) is 4.80 Å². The number of hydrogen-bond acceptors (Lipinski definition) is 7. The number of benzene rings is 2. The summed E-state index contributed by atoms with van der Waals surface area (Å²) in [5, 5.41) is 26.2. The monoisotopic (exact) mass is 461 g/mol. The van der Waals surface area contributed by atoms with Crippen molar-refractivity contribution >= 4 is 17.6 Å². The highest BCUT2D eigenvalue weighted by Gasteiger charge is 2.16. The lowest BCUT2D eigenvalue weighted by Gasteiger charge is -2.09. The molecule has 1 atom stereocenters. The Hall–Kier alpha value is -3.24. The van der Waals surface area contributed by atoms with Crippen molar-refractivity contribution in [1.82, 2.24) is 4.68 Å². The average Bonchev–Trinajstić information content (AvgIpc) is 3.41. The van der Waals surface area contributed by atoms with Crippen molar-refractivity contribution in [3.63, 3.8) is 0 Å². The highest BCUT2D eigenvalue weighted by atomic mass is 32.1. The number of hydrogen-bond donors (Lipinski definition) is 2. The van der Waals surface area contributed by atoms with Gasteiger partial charge in [0.05, 0.1) is 24.6 Å². The molecule has 1 aliphatic heterocycles. The first-order valence-corrected chi connectivity index (χ1v) is 10.8. The molecule has 3 aromatic rings. The molecule has 2 heterocycles. The van der Waals surface area contributed by atoms with E-state index < -0.39 is 6.61 Å². The maximum absolute atomic E-state index is 12.7. The number of thiazole rings is 1. The van der Waals surface area contributed by atoms with E-state index in [1.54, 1.807) is 29.6 Å². The van der Waals surface area contributed by atoms with Crippen LogP contribution in [-0.2, 0) is 4.74 Å². The zero-order valence-electron chi connectivity index (χ0n) is 16.9. The standard InChI is InChI=1S/C22H21F2N3O4S/c23-21(24)31-20-6-2-1-4-14(20)11-26-27-18(17-8-7-15(28)10-19(17)29)13-32-22(27)25-12-16-5-3-9-30-16/h1-2,4,6-8,10-11,13,16,21,28-29H,3,5,9,12H2/b25-22?,26-11+. The number of ether oxygens (including phenoxy) is 2. The van der Waals surface area contributed by atoms with Crippen molar-refractivity contribution < 1.29 is 28.5 Å². The number of aromatic hydroxyl groups is 2. The van der Waals surface area contributed by atoms with Crippen molar-refractivity contribution in [2.75, 3.05) is 13.2 Å². The Kier molecular flexibility index (Phi) is 6.81. The zero-order chi connectivity index (χ0) is 22.5. The zero-order valence-corrected chi connectivity index (χ0v) is 17.7. The fourth-order valence-electron chi connectivity index (χ4n) is 3.32. The van der Waals surface area contributed by atoms with Gasteiger partial charge in [0.1, 0.15) is 17.2 Å². The molecule has 0 spiro atoms. The quantitative estimate of drug-likeness (QED) is 0.517. The van der Waals surface area contributed by atoms with E-state index in [0.29, 0.717) is 28.2 Å². The molecule has 1 fully saturated rings. The van der Waals surface area contributed by atoms with Gasteiger partial charge in [-0.25, -0.2) is 4.68 Å². The molecular formula is C22H21F2N3O4S. The molecule has 0 saturated carbocycles. The molecule has 0 radical (unpaired) electrons. The minimum Gasteiger partial charge on any atom is -0.508 e. The van der Waals surface area contributed by atoms with Crippen LogP contribution in [0.5, 0.6) is 17.2 Å². The van der Waals surface area contributed by atoms with E-state index in [1.807, 2.05) is 0 Å². The van der Waals surface area contributed by atoms with Crippen LogP contribution < -0.4 is 9.54 Å². The first-order chi connectivity index (χ1) is 15.5. The molecule has 0 aliphatic carbocycles. The summed E-state index contributed by atoms with van der Waals surface area (Å²) in [4.78, 5) is 5.17. The maximum Gasteiger partial charge on any atom is 0.387 e. The molecule has 1 saturated heterocycles. The van der Waals surface area contributed by atoms with Crippen LogP contribution >= 0.6 is 11.3 Å². The Morgan fingerprint density at radius 1 is 1.25 bits per heavy atom. The number of phenols is 2. The summed E-state index contributed by atoms with van der Waals surface area (Å²) >= 11 is 1.32. The number of rotatable bonds is 7. The lowest BCUT2D eigenvalue weighted by Crippen LogP contribution is -2.17. The summed E-state index contributed by atoms with van der Waals surface area (Å²) < 4.78 is 37.2. The average molecular weight is 461 g/mol. The number of halogens is 2. The van der Waals surface area contributed by atoms with Gasteiger partial charge >= 0.3 is 6.61 Å². The van der Waals surface area contributed by atoms with Gasteiger partial charge in [0.15, 0.2) is 0 Å². The molecule has 2 N–H and O–H groups in total. The maximum atomic E-state index is 12.7. The van der Waals surface area contributed by atoms with Crippen molar-refractivity contribution in [1.29, 1.82) is 0 Å². The predicted octanol–water partition coefficient (Wildman–Crippen LogP) is 4.19. The van der Waals surface area contributed by atoms with Gasteiger partial charge in [0, 0.05) is 29.2 Å². The Labute approximate surface area is 186 Å². The molecule has 1 unspecified atom stereocenters.